The molecule has 9 heteroatoms. The molecule has 2 aromatic carbocycles. The smallest absolute Gasteiger partial charge is 0.262 e. The molecular weight excluding hydrogens is 454 g/mol. The van der Waals surface area contributed by atoms with E-state index in [1.165, 1.54) is 27.9 Å². The van der Waals surface area contributed by atoms with Crippen LogP contribution in [0.5, 0.6) is 5.75 Å². The van der Waals surface area contributed by atoms with E-state index in [0.717, 1.165) is 24.9 Å². The summed E-state index contributed by atoms with van der Waals surface area (Å²) in [7, 11) is -3.83. The average Bonchev–Trinajstić information content (AvgIpc) is 2.83. The number of ether oxygens (including phenoxy) is 1. The fourth-order valence-corrected chi connectivity index (χ4v) is 6.89. The number of fused-ring (bicyclic) bond motifs is 2. The van der Waals surface area contributed by atoms with Crippen molar-refractivity contribution >= 4 is 33.2 Å². The second-order valence-electron chi connectivity index (χ2n) is 9.29. The van der Waals surface area contributed by atoms with Gasteiger partial charge in [0.1, 0.15) is 5.75 Å². The highest BCUT2D eigenvalue weighted by molar-refractivity contribution is 7.89. The molecule has 2 amide bonds. The highest BCUT2D eigenvalue weighted by Gasteiger charge is 2.35. The van der Waals surface area contributed by atoms with E-state index in [-0.39, 0.29) is 29.9 Å². The SMILES string of the molecule is Cc1cc2c(cc1S(=O)(=O)N1CCCC(C(=O)Nc3cccc4c3CCCC4)C1)OCC(=O)N2. The van der Waals surface area contributed by atoms with E-state index in [4.69, 9.17) is 4.74 Å². The summed E-state index contributed by atoms with van der Waals surface area (Å²) in [6, 6.07) is 9.12. The number of carbonyl (C=O) groups excluding carboxylic acids is 2. The molecule has 8 nitrogen and oxygen atoms in total. The molecule has 0 aromatic heterocycles. The predicted molar refractivity (Wildman–Crippen MR) is 129 cm³/mol. The number of sulfonamides is 1. The molecule has 3 aliphatic rings. The van der Waals surface area contributed by atoms with Crippen LogP contribution < -0.4 is 15.4 Å². The predicted octanol–water partition coefficient (Wildman–Crippen LogP) is 3.24. The van der Waals surface area contributed by atoms with Gasteiger partial charge >= 0.3 is 0 Å². The van der Waals surface area contributed by atoms with Crippen LogP contribution in [-0.4, -0.2) is 44.2 Å². The normalized spacial score (nSPS) is 20.5. The van der Waals surface area contributed by atoms with Crippen molar-refractivity contribution in [1.29, 1.82) is 0 Å². The molecular formula is C25H29N3O5S. The van der Waals surface area contributed by atoms with Gasteiger partial charge in [-0.05, 0) is 74.3 Å². The lowest BCUT2D eigenvalue weighted by Gasteiger charge is -2.32. The number of nitrogens with zero attached hydrogens (tertiary/aromatic N) is 1. The van der Waals surface area contributed by atoms with Gasteiger partial charge in [-0.1, -0.05) is 12.1 Å². The van der Waals surface area contributed by atoms with E-state index in [2.05, 4.69) is 16.7 Å². The Morgan fingerprint density at radius 2 is 2.00 bits per heavy atom. The molecule has 2 aromatic rings. The van der Waals surface area contributed by atoms with Gasteiger partial charge in [0.25, 0.3) is 5.91 Å². The van der Waals surface area contributed by atoms with E-state index >= 15 is 0 Å². The summed E-state index contributed by atoms with van der Waals surface area (Å²) in [6.07, 6.45) is 5.52. The maximum Gasteiger partial charge on any atom is 0.262 e. The van der Waals surface area contributed by atoms with Crippen molar-refractivity contribution in [2.75, 3.05) is 30.3 Å². The molecule has 5 rings (SSSR count). The van der Waals surface area contributed by atoms with Crippen molar-refractivity contribution in [2.45, 2.75) is 50.3 Å². The Balaban J connectivity index is 1.34. The Kier molecular flexibility index (Phi) is 6.07. The number of piperidine rings is 1. The van der Waals surface area contributed by atoms with E-state index < -0.39 is 15.9 Å². The lowest BCUT2D eigenvalue weighted by Crippen LogP contribution is -2.44. The molecule has 180 valence electrons. The number of carbonyl (C=O) groups is 2. The first kappa shape index (κ1) is 22.9. The Bertz CT molecular complexity index is 1260. The van der Waals surface area contributed by atoms with Gasteiger partial charge in [-0.3, -0.25) is 9.59 Å². The Morgan fingerprint density at radius 1 is 1.18 bits per heavy atom. The third-order valence-corrected chi connectivity index (χ3v) is 8.94. The fraction of sp³-hybridized carbons (Fsp3) is 0.440. The van der Waals surface area contributed by atoms with Crippen LogP contribution in [0.2, 0.25) is 0 Å². The Morgan fingerprint density at radius 3 is 2.85 bits per heavy atom. The summed E-state index contributed by atoms with van der Waals surface area (Å²) in [5.41, 5.74) is 4.34. The summed E-state index contributed by atoms with van der Waals surface area (Å²) in [4.78, 5) is 24.9. The number of amides is 2. The Labute approximate surface area is 199 Å². The molecule has 2 N–H and O–H groups in total. The molecule has 1 aliphatic carbocycles. The van der Waals surface area contributed by atoms with Crippen LogP contribution in [-0.2, 0) is 32.5 Å². The van der Waals surface area contributed by atoms with Crippen LogP contribution in [0.3, 0.4) is 0 Å². The largest absolute Gasteiger partial charge is 0.482 e. The van der Waals surface area contributed by atoms with Gasteiger partial charge < -0.3 is 15.4 Å². The monoisotopic (exact) mass is 483 g/mol. The minimum atomic E-state index is -3.83. The zero-order chi connectivity index (χ0) is 23.9. The molecule has 1 saturated heterocycles. The first-order valence-corrected chi connectivity index (χ1v) is 13.3. The average molecular weight is 484 g/mol. The fourth-order valence-electron chi connectivity index (χ4n) is 5.14. The van der Waals surface area contributed by atoms with Crippen LogP contribution in [0.15, 0.2) is 35.2 Å². The highest BCUT2D eigenvalue weighted by Crippen LogP contribution is 2.35. The van der Waals surface area contributed by atoms with Crippen LogP contribution in [0, 0.1) is 12.8 Å². The van der Waals surface area contributed by atoms with Gasteiger partial charge in [0.2, 0.25) is 15.9 Å². The number of nitrogens with one attached hydrogen (secondary N) is 2. The summed E-state index contributed by atoms with van der Waals surface area (Å²) in [5, 5.41) is 5.79. The third-order valence-electron chi connectivity index (χ3n) is 6.94. The number of benzene rings is 2. The molecule has 0 saturated carbocycles. The topological polar surface area (TPSA) is 105 Å². The number of hydrogen-bond acceptors (Lipinski definition) is 5. The highest BCUT2D eigenvalue weighted by atomic mass is 32.2. The van der Waals surface area contributed by atoms with Crippen molar-refractivity contribution < 1.29 is 22.7 Å². The second kappa shape index (κ2) is 9.03. The van der Waals surface area contributed by atoms with Crippen LogP contribution in [0.1, 0.15) is 42.4 Å². The standard InChI is InChI=1S/C25H29N3O5S/c1-16-12-21-22(33-15-24(29)26-21)13-23(16)34(31,32)28-11-5-8-18(14-28)25(30)27-20-10-4-7-17-6-2-3-9-19(17)20/h4,7,10,12-13,18H,2-3,5-6,8-9,11,14-15H2,1H3,(H,26,29)(H,27,30). The van der Waals surface area contributed by atoms with Crippen molar-refractivity contribution in [1.82, 2.24) is 4.31 Å². The van der Waals surface area contributed by atoms with Crippen molar-refractivity contribution in [3.63, 3.8) is 0 Å². The van der Waals surface area contributed by atoms with Gasteiger partial charge in [-0.25, -0.2) is 8.42 Å². The lowest BCUT2D eigenvalue weighted by atomic mass is 9.90. The maximum atomic E-state index is 13.5. The number of rotatable bonds is 4. The van der Waals surface area contributed by atoms with Crippen LogP contribution >= 0.6 is 0 Å². The molecule has 0 radical (unpaired) electrons. The van der Waals surface area contributed by atoms with Gasteiger partial charge in [-0.15, -0.1) is 0 Å². The first-order valence-electron chi connectivity index (χ1n) is 11.8. The molecule has 0 bridgehead atoms. The number of hydrogen-bond donors (Lipinski definition) is 2. The molecule has 1 unspecified atom stereocenters. The van der Waals surface area contributed by atoms with Crippen molar-refractivity contribution in [3.05, 3.63) is 47.0 Å². The number of anilines is 2. The summed E-state index contributed by atoms with van der Waals surface area (Å²) < 4.78 is 33.9. The van der Waals surface area contributed by atoms with Gasteiger partial charge in [0, 0.05) is 24.8 Å². The van der Waals surface area contributed by atoms with Crippen molar-refractivity contribution in [3.8, 4) is 5.75 Å². The van der Waals surface area contributed by atoms with Crippen molar-refractivity contribution in [2.24, 2.45) is 5.92 Å². The molecule has 1 fully saturated rings. The Hall–Kier alpha value is -2.91. The summed E-state index contributed by atoms with van der Waals surface area (Å²) in [5.74, 6) is -0.487. The molecule has 1 atom stereocenters. The molecule has 2 aliphatic heterocycles. The van der Waals surface area contributed by atoms with E-state index in [0.29, 0.717) is 36.4 Å². The zero-order valence-corrected chi connectivity index (χ0v) is 20.0. The first-order chi connectivity index (χ1) is 16.3. The van der Waals surface area contributed by atoms with E-state index in [1.807, 2.05) is 12.1 Å². The molecule has 2 heterocycles. The van der Waals surface area contributed by atoms with Crippen LogP contribution in [0.4, 0.5) is 11.4 Å². The summed E-state index contributed by atoms with van der Waals surface area (Å²) >= 11 is 0. The lowest BCUT2D eigenvalue weighted by molar-refractivity contribution is -0.121. The molecule has 0 spiro atoms. The van der Waals surface area contributed by atoms with Gasteiger partial charge in [0.15, 0.2) is 6.61 Å². The van der Waals surface area contributed by atoms with E-state index in [1.54, 1.807) is 13.0 Å². The summed E-state index contributed by atoms with van der Waals surface area (Å²) in [6.45, 7) is 2.05. The molecule has 34 heavy (non-hydrogen) atoms. The minimum Gasteiger partial charge on any atom is -0.482 e. The number of aryl methyl sites for hydroxylation is 2. The zero-order valence-electron chi connectivity index (χ0n) is 19.2. The third kappa shape index (κ3) is 4.30. The quantitative estimate of drug-likeness (QED) is 0.695. The second-order valence-corrected chi connectivity index (χ2v) is 11.2. The van der Waals surface area contributed by atoms with E-state index in [9.17, 15) is 18.0 Å². The van der Waals surface area contributed by atoms with Gasteiger partial charge in [-0.2, -0.15) is 4.31 Å². The van der Waals surface area contributed by atoms with Gasteiger partial charge in [0.05, 0.1) is 16.5 Å². The maximum absolute atomic E-state index is 13.5. The minimum absolute atomic E-state index is 0.132. The van der Waals surface area contributed by atoms with Crippen LogP contribution in [0.25, 0.3) is 0 Å².